The number of rotatable bonds is 2. The predicted molar refractivity (Wildman–Crippen MR) is 114 cm³/mol. The van der Waals surface area contributed by atoms with E-state index in [1.807, 2.05) is 0 Å². The third kappa shape index (κ3) is 3.01. The Hall–Kier alpha value is -1.83. The van der Waals surface area contributed by atoms with Crippen LogP contribution >= 0.6 is 0 Å². The first kappa shape index (κ1) is 20.1. The van der Waals surface area contributed by atoms with Crippen LogP contribution in [-0.4, -0.2) is 23.9 Å². The molecule has 0 radical (unpaired) electrons. The summed E-state index contributed by atoms with van der Waals surface area (Å²) in [6, 6.07) is 2.46. The first-order valence-electron chi connectivity index (χ1n) is 12.1. The van der Waals surface area contributed by atoms with Gasteiger partial charge in [-0.15, -0.1) is 0 Å². The Morgan fingerprint density at radius 2 is 1.97 bits per heavy atom. The highest BCUT2D eigenvalue weighted by Crippen LogP contribution is 2.63. The third-order valence-corrected chi connectivity index (χ3v) is 9.76. The molecule has 4 saturated carbocycles. The first-order chi connectivity index (χ1) is 14.3. The molecule has 2 amide bonds. The molecule has 8 atom stereocenters. The molecule has 0 aromatic carbocycles. The molecule has 0 aromatic rings. The van der Waals surface area contributed by atoms with Crippen LogP contribution in [0.5, 0.6) is 0 Å². The highest BCUT2D eigenvalue weighted by molar-refractivity contribution is 6.19. The number of nitrogens with one attached hydrogen (secondary N) is 2. The summed E-state index contributed by atoms with van der Waals surface area (Å²) in [5.74, 6) is 1.62. The van der Waals surface area contributed by atoms with E-state index in [1.165, 1.54) is 38.5 Å². The Balaban J connectivity index is 1.39. The van der Waals surface area contributed by atoms with E-state index in [0.29, 0.717) is 29.2 Å². The molecule has 30 heavy (non-hydrogen) atoms. The number of carbonyl (C=O) groups excluding carboxylic acids is 2. The lowest BCUT2D eigenvalue weighted by Crippen LogP contribution is -2.60. The maximum absolute atomic E-state index is 13.0. The molecule has 5 heteroatoms. The fraction of sp³-hybridized carbons (Fsp3) is 0.800. The van der Waals surface area contributed by atoms with Crippen molar-refractivity contribution in [1.82, 2.24) is 10.6 Å². The lowest BCUT2D eigenvalue weighted by atomic mass is 9.48. The van der Waals surface area contributed by atoms with E-state index in [0.717, 1.165) is 25.2 Å². The predicted octanol–water partition coefficient (Wildman–Crippen LogP) is 3.85. The average molecular weight is 410 g/mol. The van der Waals surface area contributed by atoms with Gasteiger partial charge in [-0.1, -0.05) is 26.3 Å². The van der Waals surface area contributed by atoms with E-state index >= 15 is 0 Å². The van der Waals surface area contributed by atoms with Crippen molar-refractivity contribution in [3.8, 4) is 6.07 Å². The van der Waals surface area contributed by atoms with Gasteiger partial charge in [0.15, 0.2) is 0 Å². The van der Waals surface area contributed by atoms with E-state index in [9.17, 15) is 9.59 Å². The van der Waals surface area contributed by atoms with Crippen LogP contribution in [0.2, 0.25) is 0 Å². The SMILES string of the molecule is C[C@@]12CCC[C@H]1[C@@H]1CCC3NC(=O)C(C(=O)NC4CCC(C#N)C4)=C[C@]3(C)[C@@H]1CC2. The monoisotopic (exact) mass is 409 g/mol. The summed E-state index contributed by atoms with van der Waals surface area (Å²) >= 11 is 0. The van der Waals surface area contributed by atoms with Crippen molar-refractivity contribution < 1.29 is 9.59 Å². The van der Waals surface area contributed by atoms with Crippen LogP contribution in [-0.2, 0) is 9.59 Å². The molecule has 2 N–H and O–H groups in total. The molecule has 162 valence electrons. The quantitative estimate of drug-likeness (QED) is 0.680. The second-order valence-corrected chi connectivity index (χ2v) is 11.3. The summed E-state index contributed by atoms with van der Waals surface area (Å²) < 4.78 is 0. The van der Waals surface area contributed by atoms with Gasteiger partial charge in [0, 0.05) is 23.4 Å². The molecule has 5 aliphatic rings. The van der Waals surface area contributed by atoms with Gasteiger partial charge in [-0.2, -0.15) is 5.26 Å². The van der Waals surface area contributed by atoms with Crippen LogP contribution in [0.1, 0.15) is 78.1 Å². The maximum Gasteiger partial charge on any atom is 0.256 e. The maximum atomic E-state index is 13.0. The van der Waals surface area contributed by atoms with Crippen LogP contribution in [0.25, 0.3) is 0 Å². The van der Waals surface area contributed by atoms with E-state index in [4.69, 9.17) is 5.26 Å². The molecule has 5 rings (SSSR count). The van der Waals surface area contributed by atoms with Crippen LogP contribution in [0.3, 0.4) is 0 Å². The zero-order valence-electron chi connectivity index (χ0n) is 18.4. The molecule has 4 fully saturated rings. The number of amides is 2. The highest BCUT2D eigenvalue weighted by Gasteiger charge is 2.58. The fourth-order valence-electron chi connectivity index (χ4n) is 8.09. The summed E-state index contributed by atoms with van der Waals surface area (Å²) in [6.07, 6.45) is 13.2. The Morgan fingerprint density at radius 3 is 2.73 bits per heavy atom. The van der Waals surface area contributed by atoms with E-state index < -0.39 is 0 Å². The van der Waals surface area contributed by atoms with Crippen molar-refractivity contribution in [2.45, 2.75) is 90.1 Å². The van der Waals surface area contributed by atoms with Gasteiger partial charge in [0.1, 0.15) is 5.57 Å². The summed E-state index contributed by atoms with van der Waals surface area (Å²) in [4.78, 5) is 25.9. The average Bonchev–Trinajstić information content (AvgIpc) is 3.33. The molecule has 5 nitrogen and oxygen atoms in total. The molecular weight excluding hydrogens is 374 g/mol. The topological polar surface area (TPSA) is 82.0 Å². The number of nitriles is 1. The smallest absolute Gasteiger partial charge is 0.256 e. The lowest BCUT2D eigenvalue weighted by molar-refractivity contribution is -0.128. The first-order valence-corrected chi connectivity index (χ1v) is 12.1. The normalized spacial score (nSPS) is 47.2. The van der Waals surface area contributed by atoms with Gasteiger partial charge < -0.3 is 10.6 Å². The summed E-state index contributed by atoms with van der Waals surface area (Å²) in [5.41, 5.74) is 0.666. The molecule has 1 heterocycles. The third-order valence-electron chi connectivity index (χ3n) is 9.76. The van der Waals surface area contributed by atoms with Crippen LogP contribution in [0.15, 0.2) is 11.6 Å². The largest absolute Gasteiger partial charge is 0.349 e. The van der Waals surface area contributed by atoms with Crippen molar-refractivity contribution in [3.05, 3.63) is 11.6 Å². The van der Waals surface area contributed by atoms with Gasteiger partial charge in [-0.25, -0.2) is 0 Å². The molecule has 3 unspecified atom stereocenters. The molecule has 0 saturated heterocycles. The lowest BCUT2D eigenvalue weighted by Gasteiger charge is -2.58. The van der Waals surface area contributed by atoms with Crippen LogP contribution < -0.4 is 10.6 Å². The molecule has 0 bridgehead atoms. The minimum atomic E-state index is -0.251. The zero-order chi connectivity index (χ0) is 21.1. The number of carbonyl (C=O) groups is 2. The number of hydrogen-bond acceptors (Lipinski definition) is 3. The Labute approximate surface area is 180 Å². The second-order valence-electron chi connectivity index (χ2n) is 11.3. The fourth-order valence-corrected chi connectivity index (χ4v) is 8.09. The van der Waals surface area contributed by atoms with E-state index in [2.05, 4.69) is 36.6 Å². The van der Waals surface area contributed by atoms with Crippen molar-refractivity contribution in [1.29, 1.82) is 5.26 Å². The highest BCUT2D eigenvalue weighted by atomic mass is 16.2. The van der Waals surface area contributed by atoms with Gasteiger partial charge in [-0.05, 0) is 81.0 Å². The minimum absolute atomic E-state index is 0.00867. The zero-order valence-corrected chi connectivity index (χ0v) is 18.4. The Kier molecular flexibility index (Phi) is 4.76. The van der Waals surface area contributed by atoms with Crippen molar-refractivity contribution >= 4 is 11.8 Å². The number of hydrogen-bond donors (Lipinski definition) is 2. The van der Waals surface area contributed by atoms with Gasteiger partial charge in [0.25, 0.3) is 11.8 Å². The molecular formula is C25H35N3O2. The Morgan fingerprint density at radius 1 is 1.13 bits per heavy atom. The summed E-state index contributed by atoms with van der Waals surface area (Å²) in [5, 5.41) is 15.4. The van der Waals surface area contributed by atoms with Crippen molar-refractivity contribution in [3.63, 3.8) is 0 Å². The molecule has 4 aliphatic carbocycles. The second kappa shape index (κ2) is 7.11. The number of fused-ring (bicyclic) bond motifs is 5. The van der Waals surface area contributed by atoms with Gasteiger partial charge in [0.2, 0.25) is 0 Å². The summed E-state index contributed by atoms with van der Waals surface area (Å²) in [6.45, 7) is 4.79. The number of nitrogens with zero attached hydrogens (tertiary/aromatic N) is 1. The van der Waals surface area contributed by atoms with Gasteiger partial charge in [0.05, 0.1) is 6.07 Å². The standard InChI is InChI=1S/C25H35N3O2/c1-24-10-3-4-19(24)17-7-8-21-25(2,20(17)9-11-24)13-18(23(30)28-21)22(29)27-16-6-5-15(12-16)14-26/h13,15-17,19-21H,3-12H2,1-2H3,(H,27,29)(H,28,30)/t15?,16?,17-,19-,20+,21?,24-,25+/m0/s1. The van der Waals surface area contributed by atoms with E-state index in [-0.39, 0.29) is 35.2 Å². The Bertz CT molecular complexity index is 829. The molecule has 0 aromatic heterocycles. The van der Waals surface area contributed by atoms with Crippen LogP contribution in [0.4, 0.5) is 0 Å². The summed E-state index contributed by atoms with van der Waals surface area (Å²) in [7, 11) is 0. The van der Waals surface area contributed by atoms with Gasteiger partial charge in [-0.3, -0.25) is 9.59 Å². The van der Waals surface area contributed by atoms with Crippen LogP contribution in [0, 0.1) is 45.8 Å². The van der Waals surface area contributed by atoms with Crippen molar-refractivity contribution in [2.75, 3.05) is 0 Å². The van der Waals surface area contributed by atoms with E-state index in [1.54, 1.807) is 0 Å². The minimum Gasteiger partial charge on any atom is -0.349 e. The molecule has 0 spiro atoms. The molecule has 1 aliphatic heterocycles. The van der Waals surface area contributed by atoms with Crippen molar-refractivity contribution in [2.24, 2.45) is 34.5 Å². The van der Waals surface area contributed by atoms with Gasteiger partial charge >= 0.3 is 0 Å².